The summed E-state index contributed by atoms with van der Waals surface area (Å²) in [6.07, 6.45) is 80.1. The van der Waals surface area contributed by atoms with Crippen molar-refractivity contribution in [2.24, 2.45) is 0 Å². The lowest BCUT2D eigenvalue weighted by Gasteiger charge is -2.18. The Labute approximate surface area is 423 Å². The van der Waals surface area contributed by atoms with Crippen molar-refractivity contribution in [1.29, 1.82) is 0 Å². The molecule has 0 aromatic heterocycles. The molecule has 0 aliphatic heterocycles. The fourth-order valence-electron chi connectivity index (χ4n) is 6.87. The van der Waals surface area contributed by atoms with Crippen LogP contribution in [-0.4, -0.2) is 37.2 Å². The standard InChI is InChI=1S/C63H98O6/c1-4-7-10-13-16-19-22-25-27-28-29-30-31-32-33-34-36-38-41-44-47-50-53-56-62(65)68-59-60(58-67-61(64)55-52-49-46-43-40-37-24-21-18-15-12-9-6-3)69-63(66)57-54-51-48-45-42-39-35-26-23-20-17-14-11-8-5-2/h7-12,16-21,25-27,29-30,35,37,40,42,45,51,54,60H,4-6,13-15,22-24,28,31-34,36,38-39,41,43-44,46-50,52-53,55-59H2,1-3H3/b10-7-,11-8-,12-9-,19-16-,20-17-,21-18-,27-25-,30-29-,35-26-,40-37-,45-42-,54-51-. The van der Waals surface area contributed by atoms with Gasteiger partial charge in [-0.2, -0.15) is 0 Å². The molecule has 0 aliphatic rings. The molecule has 0 heterocycles. The lowest BCUT2D eigenvalue weighted by atomic mass is 10.1. The Morgan fingerprint density at radius 1 is 0.304 bits per heavy atom. The van der Waals surface area contributed by atoms with E-state index >= 15 is 0 Å². The van der Waals surface area contributed by atoms with E-state index in [4.69, 9.17) is 14.2 Å². The number of allylic oxidation sites excluding steroid dienone is 23. The molecule has 69 heavy (non-hydrogen) atoms. The van der Waals surface area contributed by atoms with E-state index in [2.05, 4.69) is 154 Å². The third-order valence-corrected chi connectivity index (χ3v) is 10.9. The molecule has 0 aromatic rings. The van der Waals surface area contributed by atoms with E-state index in [0.29, 0.717) is 19.3 Å². The first kappa shape index (κ1) is 64.3. The highest BCUT2D eigenvalue weighted by molar-refractivity contribution is 5.72. The van der Waals surface area contributed by atoms with Crippen molar-refractivity contribution in [3.8, 4) is 0 Å². The van der Waals surface area contributed by atoms with Gasteiger partial charge in [0.05, 0.1) is 6.42 Å². The average molecular weight is 951 g/mol. The highest BCUT2D eigenvalue weighted by Crippen LogP contribution is 2.13. The van der Waals surface area contributed by atoms with Crippen molar-refractivity contribution in [3.05, 3.63) is 146 Å². The van der Waals surface area contributed by atoms with Crippen LogP contribution in [0.2, 0.25) is 0 Å². The van der Waals surface area contributed by atoms with Crippen LogP contribution >= 0.6 is 0 Å². The third-order valence-electron chi connectivity index (χ3n) is 10.9. The van der Waals surface area contributed by atoms with Crippen LogP contribution in [0.25, 0.3) is 0 Å². The van der Waals surface area contributed by atoms with E-state index in [-0.39, 0.29) is 31.6 Å². The Bertz CT molecular complexity index is 1560. The second kappa shape index (κ2) is 55.9. The number of rotatable bonds is 47. The van der Waals surface area contributed by atoms with Gasteiger partial charge < -0.3 is 14.2 Å². The van der Waals surface area contributed by atoms with Crippen LogP contribution < -0.4 is 0 Å². The maximum atomic E-state index is 12.8. The summed E-state index contributed by atoms with van der Waals surface area (Å²) in [7, 11) is 0. The molecule has 0 N–H and O–H groups in total. The predicted octanol–water partition coefficient (Wildman–Crippen LogP) is 18.4. The van der Waals surface area contributed by atoms with Gasteiger partial charge in [0.1, 0.15) is 13.2 Å². The van der Waals surface area contributed by atoms with Crippen molar-refractivity contribution < 1.29 is 28.6 Å². The smallest absolute Gasteiger partial charge is 0.310 e. The van der Waals surface area contributed by atoms with Gasteiger partial charge >= 0.3 is 17.9 Å². The van der Waals surface area contributed by atoms with Gasteiger partial charge in [-0.1, -0.05) is 224 Å². The van der Waals surface area contributed by atoms with Gasteiger partial charge in [0.25, 0.3) is 0 Å². The molecule has 0 saturated carbocycles. The van der Waals surface area contributed by atoms with Gasteiger partial charge in [-0.05, 0) is 116 Å². The van der Waals surface area contributed by atoms with E-state index in [9.17, 15) is 14.4 Å². The summed E-state index contributed by atoms with van der Waals surface area (Å²) in [6, 6.07) is 0. The second-order valence-electron chi connectivity index (χ2n) is 17.4. The van der Waals surface area contributed by atoms with E-state index in [1.165, 1.54) is 51.4 Å². The number of hydrogen-bond donors (Lipinski definition) is 0. The molecule has 0 fully saturated rings. The van der Waals surface area contributed by atoms with Crippen LogP contribution in [0.5, 0.6) is 0 Å². The van der Waals surface area contributed by atoms with E-state index in [1.54, 1.807) is 6.08 Å². The molecule has 0 amide bonds. The number of ether oxygens (including phenoxy) is 3. The van der Waals surface area contributed by atoms with E-state index < -0.39 is 12.1 Å². The van der Waals surface area contributed by atoms with Crippen molar-refractivity contribution in [1.82, 2.24) is 0 Å². The molecular weight excluding hydrogens is 853 g/mol. The molecule has 6 heteroatoms. The van der Waals surface area contributed by atoms with Crippen molar-refractivity contribution in [3.63, 3.8) is 0 Å². The summed E-state index contributed by atoms with van der Waals surface area (Å²) in [5.74, 6) is -1.11. The zero-order valence-electron chi connectivity index (χ0n) is 44.0. The quantitative estimate of drug-likeness (QED) is 0.0262. The molecule has 6 nitrogen and oxygen atoms in total. The molecule has 0 rings (SSSR count). The molecular formula is C63H98O6. The lowest BCUT2D eigenvalue weighted by Crippen LogP contribution is -2.30. The maximum absolute atomic E-state index is 12.8. The van der Waals surface area contributed by atoms with Crippen LogP contribution in [0.4, 0.5) is 0 Å². The van der Waals surface area contributed by atoms with Crippen LogP contribution in [-0.2, 0) is 28.6 Å². The molecule has 0 bridgehead atoms. The molecule has 0 saturated heterocycles. The summed E-state index contributed by atoms with van der Waals surface area (Å²) in [5.41, 5.74) is 0. The first-order valence-electron chi connectivity index (χ1n) is 27.3. The lowest BCUT2D eigenvalue weighted by molar-refractivity contribution is -0.166. The summed E-state index contributed by atoms with van der Waals surface area (Å²) in [4.78, 5) is 38.0. The first-order valence-corrected chi connectivity index (χ1v) is 27.3. The highest BCUT2D eigenvalue weighted by atomic mass is 16.6. The van der Waals surface area contributed by atoms with Gasteiger partial charge in [0.15, 0.2) is 6.10 Å². The monoisotopic (exact) mass is 951 g/mol. The number of hydrogen-bond acceptors (Lipinski definition) is 6. The fourth-order valence-corrected chi connectivity index (χ4v) is 6.87. The van der Waals surface area contributed by atoms with Gasteiger partial charge in [0, 0.05) is 12.8 Å². The Balaban J connectivity index is 4.48. The Morgan fingerprint density at radius 2 is 0.565 bits per heavy atom. The van der Waals surface area contributed by atoms with E-state index in [1.807, 2.05) is 6.08 Å². The SMILES string of the molecule is CC/C=C\C/C=C\C/C=C\C/C=C\C/C=C\CC(=O)OC(COC(=O)CCCCC/C=C\C/C=C\C/C=C\CC)COC(=O)CCCCCCCCCCCC/C=C\C/C=C\C/C=C\C/C=C\CC. The van der Waals surface area contributed by atoms with Crippen LogP contribution in [0.3, 0.4) is 0 Å². The van der Waals surface area contributed by atoms with Crippen molar-refractivity contribution in [2.75, 3.05) is 13.2 Å². The zero-order chi connectivity index (χ0) is 50.0. The Hall–Kier alpha value is -4.71. The summed E-state index contributed by atoms with van der Waals surface area (Å²) < 4.78 is 16.7. The minimum atomic E-state index is -0.852. The maximum Gasteiger partial charge on any atom is 0.310 e. The summed E-state index contributed by atoms with van der Waals surface area (Å²) >= 11 is 0. The van der Waals surface area contributed by atoms with Crippen LogP contribution in [0.15, 0.2) is 146 Å². The number of unbranched alkanes of at least 4 members (excludes halogenated alkanes) is 13. The molecule has 0 aromatic carbocycles. The fraction of sp³-hybridized carbons (Fsp3) is 0.571. The van der Waals surface area contributed by atoms with Crippen molar-refractivity contribution >= 4 is 17.9 Å². The van der Waals surface area contributed by atoms with E-state index in [0.717, 1.165) is 116 Å². The van der Waals surface area contributed by atoms with Crippen LogP contribution in [0.1, 0.15) is 213 Å². The number of carbonyl (C=O) groups is 3. The van der Waals surface area contributed by atoms with Crippen molar-refractivity contribution in [2.45, 2.75) is 219 Å². The minimum absolute atomic E-state index is 0.0830. The third kappa shape index (κ3) is 54.1. The predicted molar refractivity (Wildman–Crippen MR) is 297 cm³/mol. The normalized spacial score (nSPS) is 13.3. The molecule has 0 radical (unpaired) electrons. The number of esters is 3. The molecule has 386 valence electrons. The topological polar surface area (TPSA) is 78.9 Å². The summed E-state index contributed by atoms with van der Waals surface area (Å²) in [6.45, 7) is 6.16. The van der Waals surface area contributed by atoms with Gasteiger partial charge in [0.2, 0.25) is 0 Å². The Morgan fingerprint density at radius 3 is 0.899 bits per heavy atom. The molecule has 1 unspecified atom stereocenters. The molecule has 0 aliphatic carbocycles. The number of carbonyl (C=O) groups excluding carboxylic acids is 3. The van der Waals surface area contributed by atoms with Gasteiger partial charge in [-0.15, -0.1) is 0 Å². The largest absolute Gasteiger partial charge is 0.462 e. The van der Waals surface area contributed by atoms with Gasteiger partial charge in [-0.3, -0.25) is 14.4 Å². The Kier molecular flexibility index (Phi) is 52.1. The first-order chi connectivity index (χ1) is 34.0. The average Bonchev–Trinajstić information content (AvgIpc) is 3.35. The van der Waals surface area contributed by atoms with Gasteiger partial charge in [-0.25, -0.2) is 0 Å². The minimum Gasteiger partial charge on any atom is -0.462 e. The molecule has 0 spiro atoms. The molecule has 1 atom stereocenters. The van der Waals surface area contributed by atoms with Crippen LogP contribution in [0, 0.1) is 0 Å². The zero-order valence-corrected chi connectivity index (χ0v) is 44.0. The highest BCUT2D eigenvalue weighted by Gasteiger charge is 2.19. The summed E-state index contributed by atoms with van der Waals surface area (Å²) in [5, 5.41) is 0. The second-order valence-corrected chi connectivity index (χ2v) is 17.4.